The Morgan fingerprint density at radius 2 is 2.42 bits per heavy atom. The molecule has 0 saturated carbocycles. The van der Waals surface area contributed by atoms with Crippen LogP contribution in [0.15, 0.2) is 18.2 Å². The summed E-state index contributed by atoms with van der Waals surface area (Å²) in [6.07, 6.45) is 1.75. The zero-order valence-electron chi connectivity index (χ0n) is 10.8. The molecule has 1 amide bonds. The Labute approximate surface area is 118 Å². The fourth-order valence-corrected chi connectivity index (χ4v) is 3.71. The van der Waals surface area contributed by atoms with Crippen molar-refractivity contribution in [3.63, 3.8) is 0 Å². The van der Waals surface area contributed by atoms with Crippen molar-refractivity contribution in [2.45, 2.75) is 19.8 Å². The molecule has 1 aliphatic rings. The number of fused-ring (bicyclic) bond motifs is 1. The average Bonchev–Trinajstić information content (AvgIpc) is 3.08. The van der Waals surface area contributed by atoms with Gasteiger partial charge in [0, 0.05) is 0 Å². The Morgan fingerprint density at radius 3 is 3.16 bits per heavy atom. The topological polar surface area (TPSA) is 66.9 Å². The summed E-state index contributed by atoms with van der Waals surface area (Å²) in [5.41, 5.74) is 2.26. The third kappa shape index (κ3) is 2.20. The van der Waals surface area contributed by atoms with Gasteiger partial charge in [-0.1, -0.05) is 0 Å². The van der Waals surface area contributed by atoms with Crippen molar-refractivity contribution in [3.05, 3.63) is 18.2 Å². The number of carbonyl (C=O) groups excluding carboxylic acids is 1. The van der Waals surface area contributed by atoms with Gasteiger partial charge in [0.05, 0.1) is 0 Å². The van der Waals surface area contributed by atoms with Gasteiger partial charge in [-0.25, -0.2) is 0 Å². The van der Waals surface area contributed by atoms with Gasteiger partial charge in [0.1, 0.15) is 0 Å². The van der Waals surface area contributed by atoms with Gasteiger partial charge in [-0.2, -0.15) is 0 Å². The van der Waals surface area contributed by atoms with Crippen molar-refractivity contribution in [1.29, 1.82) is 0 Å². The monoisotopic (exact) mass is 324 g/mol. The Kier molecular flexibility index (Phi) is 3.39. The number of rotatable bonds is 3. The molecule has 3 rings (SSSR count). The molecule has 5 nitrogen and oxygen atoms in total. The molecule has 0 spiro atoms. The molecule has 1 aromatic heterocycles. The molecule has 0 bridgehead atoms. The first kappa shape index (κ1) is 12.8. The normalized spacial score (nSPS) is 22.8. The van der Waals surface area contributed by atoms with Crippen LogP contribution >= 0.6 is 0 Å². The molecule has 1 saturated heterocycles. The Bertz CT molecular complexity index is 603. The number of hydrogen-bond donors (Lipinski definition) is 2. The summed E-state index contributed by atoms with van der Waals surface area (Å²) in [4.78, 5) is 12.5. The summed E-state index contributed by atoms with van der Waals surface area (Å²) in [7, 11) is 0. The Morgan fingerprint density at radius 1 is 1.53 bits per heavy atom. The summed E-state index contributed by atoms with van der Waals surface area (Å²) < 4.78 is 8.73. The molecule has 2 aromatic rings. The number of hydrogen-bond acceptors (Lipinski definition) is 4. The van der Waals surface area contributed by atoms with Crippen molar-refractivity contribution in [2.75, 3.05) is 18.4 Å². The van der Waals surface area contributed by atoms with Gasteiger partial charge in [0.15, 0.2) is 0 Å². The van der Waals surface area contributed by atoms with Crippen molar-refractivity contribution in [2.24, 2.45) is 5.41 Å². The fraction of sp³-hybridized carbons (Fsp3) is 0.462. The quantitative estimate of drug-likeness (QED) is 0.828. The molecule has 19 heavy (non-hydrogen) atoms. The summed E-state index contributed by atoms with van der Waals surface area (Å²) in [5, 5.41) is 6.34. The predicted molar refractivity (Wildman–Crippen MR) is 75.3 cm³/mol. The molecule has 1 atom stereocenters. The minimum absolute atomic E-state index is 0.0689. The second-order valence-electron chi connectivity index (χ2n) is 4.95. The van der Waals surface area contributed by atoms with E-state index in [1.807, 2.05) is 18.2 Å². The van der Waals surface area contributed by atoms with Gasteiger partial charge in [0.2, 0.25) is 0 Å². The van der Waals surface area contributed by atoms with Crippen LogP contribution in [0.4, 0.5) is 5.69 Å². The van der Waals surface area contributed by atoms with Gasteiger partial charge >= 0.3 is 117 Å². The Balaban J connectivity index is 1.88. The van der Waals surface area contributed by atoms with E-state index in [0.29, 0.717) is 0 Å². The third-order valence-electron chi connectivity index (χ3n) is 3.94. The van der Waals surface area contributed by atoms with E-state index < -0.39 is 0 Å². The van der Waals surface area contributed by atoms with E-state index >= 15 is 0 Å². The van der Waals surface area contributed by atoms with Crippen LogP contribution in [0.1, 0.15) is 19.8 Å². The molecule has 1 fully saturated rings. The number of aromatic nitrogens is 2. The zero-order chi connectivity index (χ0) is 13.3. The molecule has 6 heteroatoms. The van der Waals surface area contributed by atoms with E-state index in [1.165, 1.54) is 0 Å². The first-order valence-corrected chi connectivity index (χ1v) is 8.02. The van der Waals surface area contributed by atoms with Crippen LogP contribution in [0, 0.1) is 5.41 Å². The van der Waals surface area contributed by atoms with E-state index in [0.717, 1.165) is 42.7 Å². The summed E-state index contributed by atoms with van der Waals surface area (Å²) in [6, 6.07) is 5.76. The molecule has 2 N–H and O–H groups in total. The maximum absolute atomic E-state index is 12.5. The summed E-state index contributed by atoms with van der Waals surface area (Å²) in [6.45, 7) is 3.75. The molecular formula is C13H16N4OSe. The molecule has 0 radical (unpaired) electrons. The first-order valence-electron chi connectivity index (χ1n) is 6.49. The van der Waals surface area contributed by atoms with E-state index in [1.54, 1.807) is 0 Å². The SMILES string of the molecule is CCC1(C(=O)Nc2cccc3n[se]nc23)CCNC1. The van der Waals surface area contributed by atoms with E-state index in [9.17, 15) is 4.79 Å². The molecule has 0 aliphatic carbocycles. The number of amides is 1. The zero-order valence-corrected chi connectivity index (χ0v) is 12.5. The number of benzene rings is 1. The number of nitrogens with zero attached hydrogens (tertiary/aromatic N) is 2. The second kappa shape index (κ2) is 5.04. The van der Waals surface area contributed by atoms with Crippen LogP contribution in [-0.4, -0.2) is 41.9 Å². The van der Waals surface area contributed by atoms with Gasteiger partial charge in [-0.15, -0.1) is 0 Å². The predicted octanol–water partition coefficient (Wildman–Crippen LogP) is 1.01. The van der Waals surface area contributed by atoms with E-state index in [4.69, 9.17) is 0 Å². The van der Waals surface area contributed by atoms with Crippen LogP contribution < -0.4 is 10.6 Å². The van der Waals surface area contributed by atoms with Crippen molar-refractivity contribution in [1.82, 2.24) is 13.3 Å². The van der Waals surface area contributed by atoms with Crippen LogP contribution in [-0.2, 0) is 4.79 Å². The third-order valence-corrected chi connectivity index (χ3v) is 5.07. The summed E-state index contributed by atoms with van der Waals surface area (Å²) in [5.74, 6) is 0.100. The van der Waals surface area contributed by atoms with Gasteiger partial charge in [-0.3, -0.25) is 0 Å². The molecular weight excluding hydrogens is 307 g/mol. The number of carbonyl (C=O) groups is 1. The first-order chi connectivity index (χ1) is 9.25. The van der Waals surface area contributed by atoms with Gasteiger partial charge < -0.3 is 0 Å². The van der Waals surface area contributed by atoms with Crippen LogP contribution in [0.2, 0.25) is 0 Å². The fourth-order valence-electron chi connectivity index (χ4n) is 2.56. The number of anilines is 1. The molecule has 100 valence electrons. The van der Waals surface area contributed by atoms with Crippen molar-refractivity contribution >= 4 is 37.6 Å². The molecule has 1 aromatic carbocycles. The standard InChI is InChI=1S/C13H16N4OSe/c1-2-13(6-7-14-8-13)12(18)15-9-4-3-5-10-11(9)17-19-16-10/h3-5,14H,2,6-8H2,1H3,(H,15,18). The average molecular weight is 323 g/mol. The van der Waals surface area contributed by atoms with E-state index in [-0.39, 0.29) is 26.3 Å². The second-order valence-corrected chi connectivity index (χ2v) is 6.06. The van der Waals surface area contributed by atoms with Gasteiger partial charge in [-0.05, 0) is 0 Å². The van der Waals surface area contributed by atoms with Crippen molar-refractivity contribution < 1.29 is 4.79 Å². The number of nitrogens with one attached hydrogen (secondary N) is 2. The molecule has 1 aliphatic heterocycles. The molecule has 1 unspecified atom stereocenters. The minimum atomic E-state index is -0.274. The van der Waals surface area contributed by atoms with Crippen molar-refractivity contribution in [3.8, 4) is 0 Å². The maximum atomic E-state index is 12.5. The van der Waals surface area contributed by atoms with Crippen LogP contribution in [0.3, 0.4) is 0 Å². The van der Waals surface area contributed by atoms with Crippen LogP contribution in [0.25, 0.3) is 11.0 Å². The van der Waals surface area contributed by atoms with E-state index in [2.05, 4.69) is 25.5 Å². The van der Waals surface area contributed by atoms with Crippen LogP contribution in [0.5, 0.6) is 0 Å². The van der Waals surface area contributed by atoms with Gasteiger partial charge in [0.25, 0.3) is 0 Å². The molecule has 2 heterocycles. The summed E-state index contributed by atoms with van der Waals surface area (Å²) >= 11 is -0.0689. The Hall–Kier alpha value is -1.23.